The first-order chi connectivity index (χ1) is 25.3. The standard InChI is InChI=1S/C43H55N5O4Si/c1-28(2)53(29(3)4,30(5)6)41-46-35-38(47(9)10)44-27-45-39(35)48(41)40-37-36(51-42(7,8)52-37)34(50-40)26-49-43(31-20-14-11-15-21-31,32-22-16-12-17-23-32)33-24-18-13-19-25-33/h11-25,27-30,34,36-37,40H,26H2,1-10H3/t34-,36-,37-,40-/m1/s1. The molecule has 4 heterocycles. The van der Waals surface area contributed by atoms with Crippen LogP contribution in [0.1, 0.15) is 78.3 Å². The van der Waals surface area contributed by atoms with Crippen molar-refractivity contribution in [3.05, 3.63) is 114 Å². The number of rotatable bonds is 12. The summed E-state index contributed by atoms with van der Waals surface area (Å²) in [6.45, 7) is 18.4. The maximum Gasteiger partial charge on any atom is 0.167 e. The van der Waals surface area contributed by atoms with Crippen molar-refractivity contribution in [3.63, 3.8) is 0 Å². The molecule has 5 aromatic rings. The largest absolute Gasteiger partial charge is 0.361 e. The molecule has 10 heteroatoms. The number of benzene rings is 3. The maximum atomic E-state index is 7.36. The van der Waals surface area contributed by atoms with Gasteiger partial charge >= 0.3 is 0 Å². The molecule has 0 saturated carbocycles. The second-order valence-corrected chi connectivity index (χ2v) is 22.0. The van der Waals surface area contributed by atoms with Crippen LogP contribution in [0.15, 0.2) is 97.3 Å². The molecule has 4 atom stereocenters. The fraction of sp³-hybridized carbons (Fsp3) is 0.465. The van der Waals surface area contributed by atoms with Crippen LogP contribution in [0.4, 0.5) is 5.82 Å². The molecule has 3 aromatic carbocycles. The summed E-state index contributed by atoms with van der Waals surface area (Å²) in [5.74, 6) is -0.0422. The van der Waals surface area contributed by atoms with Crippen molar-refractivity contribution in [3.8, 4) is 0 Å². The molecule has 2 saturated heterocycles. The summed E-state index contributed by atoms with van der Waals surface area (Å²) in [5, 5.41) is 0. The molecule has 0 unspecified atom stereocenters. The van der Waals surface area contributed by atoms with Crippen LogP contribution in [0, 0.1) is 0 Å². The van der Waals surface area contributed by atoms with Crippen LogP contribution in [0.25, 0.3) is 11.2 Å². The minimum atomic E-state index is -2.38. The van der Waals surface area contributed by atoms with Gasteiger partial charge in [-0.3, -0.25) is 4.57 Å². The zero-order chi connectivity index (χ0) is 37.7. The third-order valence-electron chi connectivity index (χ3n) is 11.5. The number of hydrogen-bond acceptors (Lipinski definition) is 8. The van der Waals surface area contributed by atoms with E-state index in [1.165, 1.54) is 0 Å². The van der Waals surface area contributed by atoms with E-state index in [0.29, 0.717) is 16.6 Å². The second-order valence-electron chi connectivity index (χ2n) is 16.2. The normalized spacial score (nSPS) is 21.6. The summed E-state index contributed by atoms with van der Waals surface area (Å²) in [6, 6.07) is 31.4. The Balaban J connectivity index is 1.38. The predicted molar refractivity (Wildman–Crippen MR) is 213 cm³/mol. The molecule has 2 aliphatic rings. The number of imidazole rings is 1. The van der Waals surface area contributed by atoms with Gasteiger partial charge < -0.3 is 23.8 Å². The van der Waals surface area contributed by atoms with Gasteiger partial charge in [0.1, 0.15) is 43.8 Å². The van der Waals surface area contributed by atoms with E-state index in [0.717, 1.165) is 39.1 Å². The topological polar surface area (TPSA) is 83.8 Å². The quantitative estimate of drug-likeness (QED) is 0.0938. The van der Waals surface area contributed by atoms with Crippen LogP contribution < -0.4 is 10.3 Å². The molecule has 7 rings (SSSR count). The Hall–Kier alpha value is -3.93. The van der Waals surface area contributed by atoms with Crippen molar-refractivity contribution in [1.82, 2.24) is 19.5 Å². The molecular formula is C43H55N5O4Si. The molecule has 53 heavy (non-hydrogen) atoms. The molecule has 2 aliphatic heterocycles. The smallest absolute Gasteiger partial charge is 0.167 e. The minimum absolute atomic E-state index is 0.247. The van der Waals surface area contributed by atoms with E-state index in [1.54, 1.807) is 6.33 Å². The van der Waals surface area contributed by atoms with Crippen LogP contribution in [0.5, 0.6) is 0 Å². The molecule has 0 N–H and O–H groups in total. The lowest BCUT2D eigenvalue weighted by Crippen LogP contribution is -2.60. The minimum Gasteiger partial charge on any atom is -0.361 e. The highest BCUT2D eigenvalue weighted by Gasteiger charge is 2.59. The lowest BCUT2D eigenvalue weighted by Gasteiger charge is -2.43. The fourth-order valence-electron chi connectivity index (χ4n) is 9.52. The Morgan fingerprint density at radius 2 is 1.25 bits per heavy atom. The first-order valence-electron chi connectivity index (χ1n) is 19.0. The van der Waals surface area contributed by atoms with Gasteiger partial charge in [-0.2, -0.15) is 0 Å². The zero-order valence-corrected chi connectivity index (χ0v) is 33.9. The van der Waals surface area contributed by atoms with Crippen LogP contribution in [0.3, 0.4) is 0 Å². The first kappa shape index (κ1) is 37.4. The molecule has 2 aromatic heterocycles. The van der Waals surface area contributed by atoms with Gasteiger partial charge in [-0.05, 0) is 47.2 Å². The molecule has 0 amide bonds. The summed E-state index contributed by atoms with van der Waals surface area (Å²) in [7, 11) is 1.62. The van der Waals surface area contributed by atoms with Crippen LogP contribution in [0.2, 0.25) is 16.6 Å². The monoisotopic (exact) mass is 733 g/mol. The molecule has 0 bridgehead atoms. The number of nitrogens with zero attached hydrogens (tertiary/aromatic N) is 5. The fourth-order valence-corrected chi connectivity index (χ4v) is 16.0. The first-order valence-corrected chi connectivity index (χ1v) is 21.3. The van der Waals surface area contributed by atoms with Gasteiger partial charge in [0.15, 0.2) is 23.5 Å². The molecule has 2 fully saturated rings. The van der Waals surface area contributed by atoms with Crippen LogP contribution in [-0.2, 0) is 24.5 Å². The molecule has 9 nitrogen and oxygen atoms in total. The highest BCUT2D eigenvalue weighted by Crippen LogP contribution is 2.48. The van der Waals surface area contributed by atoms with Crippen molar-refractivity contribution >= 4 is 30.5 Å². The Kier molecular flexibility index (Phi) is 10.1. The Morgan fingerprint density at radius 1 is 0.755 bits per heavy atom. The van der Waals surface area contributed by atoms with E-state index in [2.05, 4.69) is 124 Å². The van der Waals surface area contributed by atoms with E-state index in [1.807, 2.05) is 51.0 Å². The summed E-state index contributed by atoms with van der Waals surface area (Å²) in [5.41, 5.74) is 5.97. The van der Waals surface area contributed by atoms with Crippen molar-refractivity contribution in [2.75, 3.05) is 25.6 Å². The van der Waals surface area contributed by atoms with Crippen molar-refractivity contribution < 1.29 is 18.9 Å². The van der Waals surface area contributed by atoms with Gasteiger partial charge in [0.05, 0.1) is 12.1 Å². The molecular weight excluding hydrogens is 679 g/mol. The second kappa shape index (κ2) is 14.4. The zero-order valence-electron chi connectivity index (χ0n) is 32.9. The number of hydrogen-bond donors (Lipinski definition) is 0. The highest BCUT2D eigenvalue weighted by molar-refractivity contribution is 6.94. The number of aromatic nitrogens is 4. The van der Waals surface area contributed by atoms with E-state index < -0.39 is 44.0 Å². The van der Waals surface area contributed by atoms with E-state index in [9.17, 15) is 0 Å². The van der Waals surface area contributed by atoms with Gasteiger partial charge in [-0.15, -0.1) is 0 Å². The summed E-state index contributed by atoms with van der Waals surface area (Å²) < 4.78 is 30.4. The van der Waals surface area contributed by atoms with Crippen molar-refractivity contribution in [2.24, 2.45) is 0 Å². The highest BCUT2D eigenvalue weighted by atomic mass is 28.3. The van der Waals surface area contributed by atoms with Gasteiger partial charge in [0.2, 0.25) is 0 Å². The van der Waals surface area contributed by atoms with Crippen LogP contribution in [-0.4, -0.2) is 72.4 Å². The van der Waals surface area contributed by atoms with E-state index >= 15 is 0 Å². The molecule has 0 spiro atoms. The molecule has 280 valence electrons. The van der Waals surface area contributed by atoms with E-state index in [4.69, 9.17) is 28.9 Å². The lowest BCUT2D eigenvalue weighted by atomic mass is 9.80. The summed E-state index contributed by atoms with van der Waals surface area (Å²) in [6.07, 6.45) is -0.201. The van der Waals surface area contributed by atoms with Gasteiger partial charge in [-0.25, -0.2) is 15.0 Å². The average Bonchev–Trinajstić information content (AvgIpc) is 3.77. The number of fused-ring (bicyclic) bond motifs is 2. The third-order valence-corrected chi connectivity index (χ3v) is 18.4. The van der Waals surface area contributed by atoms with Gasteiger partial charge in [0, 0.05) is 14.1 Å². The number of anilines is 1. The molecule has 0 radical (unpaired) electrons. The number of ether oxygens (including phenoxy) is 4. The van der Waals surface area contributed by atoms with Gasteiger partial charge in [-0.1, -0.05) is 133 Å². The third kappa shape index (κ3) is 6.22. The SMILES string of the molecule is CC(C)[Si](c1nc2c(N(C)C)ncnc2n1[C@@H]1O[C@H](COC(c2ccccc2)(c2ccccc2)c2ccccc2)[C@H]2OC(C)(C)O[C@H]21)(C(C)C)C(C)C. The van der Waals surface area contributed by atoms with Crippen LogP contribution >= 0.6 is 0 Å². The Morgan fingerprint density at radius 3 is 1.72 bits per heavy atom. The molecule has 0 aliphatic carbocycles. The maximum absolute atomic E-state index is 7.36. The Labute approximate surface area is 315 Å². The summed E-state index contributed by atoms with van der Waals surface area (Å²) >= 11 is 0. The average molecular weight is 734 g/mol. The Bertz CT molecular complexity index is 1880. The van der Waals surface area contributed by atoms with E-state index in [-0.39, 0.29) is 6.61 Å². The van der Waals surface area contributed by atoms with Gasteiger partial charge in [0.25, 0.3) is 0 Å². The van der Waals surface area contributed by atoms with Crippen molar-refractivity contribution in [1.29, 1.82) is 0 Å². The summed E-state index contributed by atoms with van der Waals surface area (Å²) in [4.78, 5) is 17.2. The van der Waals surface area contributed by atoms with Crippen molar-refractivity contribution in [2.45, 2.75) is 108 Å². The predicted octanol–water partition coefficient (Wildman–Crippen LogP) is 8.20. The lowest BCUT2D eigenvalue weighted by molar-refractivity contribution is -0.204.